The molecule has 0 saturated carbocycles. The molecule has 3 unspecified atom stereocenters. The predicted octanol–water partition coefficient (Wildman–Crippen LogP) is 0.535. The second-order valence-electron chi connectivity index (χ2n) is 4.63. The first-order valence-electron chi connectivity index (χ1n) is 5.62. The quantitative estimate of drug-likeness (QED) is 0.712. The number of hydrogen-bond donors (Lipinski definition) is 2. The number of likely N-dealkylation sites (tertiary alicyclic amines) is 1. The Morgan fingerprint density at radius 1 is 1.38 bits per heavy atom. The van der Waals surface area contributed by atoms with Gasteiger partial charge in [-0.25, -0.2) is 0 Å². The number of rotatable bonds is 3. The summed E-state index contributed by atoms with van der Waals surface area (Å²) in [6, 6.07) is -0.488. The maximum absolute atomic E-state index is 12.1. The Kier molecular flexibility index (Phi) is 4.65. The van der Waals surface area contributed by atoms with E-state index in [0.29, 0.717) is 17.6 Å². The standard InChI is InChI=1S/C11H20N2O2S/c1-7-4-13(5-8(7)2)11(15)10(6-16)12-9(3)14/h7-8,10,16H,4-6H2,1-3H3,(H,12,14). The zero-order valence-electron chi connectivity index (χ0n) is 10.1. The van der Waals surface area contributed by atoms with Crippen LogP contribution in [0.5, 0.6) is 0 Å². The maximum Gasteiger partial charge on any atom is 0.246 e. The van der Waals surface area contributed by atoms with Gasteiger partial charge in [0.1, 0.15) is 6.04 Å². The highest BCUT2D eigenvalue weighted by molar-refractivity contribution is 7.80. The maximum atomic E-state index is 12.1. The normalized spacial score (nSPS) is 26.6. The van der Waals surface area contributed by atoms with Crippen molar-refractivity contribution in [2.75, 3.05) is 18.8 Å². The van der Waals surface area contributed by atoms with Crippen LogP contribution in [0.25, 0.3) is 0 Å². The zero-order chi connectivity index (χ0) is 12.3. The van der Waals surface area contributed by atoms with Gasteiger partial charge in [0, 0.05) is 25.8 Å². The summed E-state index contributed by atoms with van der Waals surface area (Å²) in [7, 11) is 0. The monoisotopic (exact) mass is 244 g/mol. The molecule has 4 nitrogen and oxygen atoms in total. The van der Waals surface area contributed by atoms with Crippen LogP contribution in [-0.4, -0.2) is 41.6 Å². The number of amides is 2. The van der Waals surface area contributed by atoms with Crippen molar-refractivity contribution in [2.24, 2.45) is 11.8 Å². The van der Waals surface area contributed by atoms with Gasteiger partial charge in [-0.2, -0.15) is 12.6 Å². The van der Waals surface area contributed by atoms with Crippen LogP contribution in [0.15, 0.2) is 0 Å². The fraction of sp³-hybridized carbons (Fsp3) is 0.818. The predicted molar refractivity (Wildman–Crippen MR) is 66.4 cm³/mol. The van der Waals surface area contributed by atoms with Crippen LogP contribution in [0.4, 0.5) is 0 Å². The second kappa shape index (κ2) is 5.57. The SMILES string of the molecule is CC(=O)NC(CS)C(=O)N1CC(C)C(C)C1. The van der Waals surface area contributed by atoms with Crippen molar-refractivity contribution in [3.63, 3.8) is 0 Å². The molecule has 1 aliphatic rings. The van der Waals surface area contributed by atoms with Gasteiger partial charge in [-0.1, -0.05) is 13.8 Å². The third kappa shape index (κ3) is 3.14. The fourth-order valence-electron chi connectivity index (χ4n) is 1.96. The Morgan fingerprint density at radius 3 is 2.25 bits per heavy atom. The van der Waals surface area contributed by atoms with Gasteiger partial charge < -0.3 is 10.2 Å². The molecule has 0 aromatic rings. The Balaban J connectivity index is 2.59. The number of carbonyl (C=O) groups is 2. The van der Waals surface area contributed by atoms with Gasteiger partial charge in [-0.15, -0.1) is 0 Å². The smallest absolute Gasteiger partial charge is 0.246 e. The molecule has 1 heterocycles. The third-order valence-electron chi connectivity index (χ3n) is 3.16. The summed E-state index contributed by atoms with van der Waals surface area (Å²) in [4.78, 5) is 24.8. The molecular weight excluding hydrogens is 224 g/mol. The Labute approximate surface area is 102 Å². The summed E-state index contributed by atoms with van der Waals surface area (Å²) in [6.07, 6.45) is 0. The number of nitrogens with zero attached hydrogens (tertiary/aromatic N) is 1. The molecule has 0 aromatic heterocycles. The van der Waals surface area contributed by atoms with Gasteiger partial charge in [0.25, 0.3) is 0 Å². The van der Waals surface area contributed by atoms with E-state index < -0.39 is 6.04 Å². The molecule has 16 heavy (non-hydrogen) atoms. The van der Waals surface area contributed by atoms with E-state index in [1.165, 1.54) is 6.92 Å². The molecule has 3 atom stereocenters. The van der Waals surface area contributed by atoms with E-state index in [2.05, 4.69) is 31.8 Å². The average molecular weight is 244 g/mol. The van der Waals surface area contributed by atoms with Crippen LogP contribution in [0.2, 0.25) is 0 Å². The van der Waals surface area contributed by atoms with Crippen LogP contribution < -0.4 is 5.32 Å². The van der Waals surface area contributed by atoms with E-state index in [9.17, 15) is 9.59 Å². The molecule has 1 saturated heterocycles. The highest BCUT2D eigenvalue weighted by Crippen LogP contribution is 2.22. The molecule has 0 spiro atoms. The first-order chi connectivity index (χ1) is 7.45. The molecule has 0 aromatic carbocycles. The van der Waals surface area contributed by atoms with Crippen molar-refractivity contribution in [3.8, 4) is 0 Å². The molecule has 0 radical (unpaired) electrons. The summed E-state index contributed by atoms with van der Waals surface area (Å²) in [5, 5.41) is 2.63. The minimum atomic E-state index is -0.488. The lowest BCUT2D eigenvalue weighted by Crippen LogP contribution is -2.48. The third-order valence-corrected chi connectivity index (χ3v) is 3.52. The van der Waals surface area contributed by atoms with E-state index in [1.807, 2.05) is 4.90 Å². The van der Waals surface area contributed by atoms with Gasteiger partial charge in [-0.05, 0) is 11.8 Å². The van der Waals surface area contributed by atoms with Crippen molar-refractivity contribution in [1.82, 2.24) is 10.2 Å². The van der Waals surface area contributed by atoms with E-state index in [1.54, 1.807) is 0 Å². The Morgan fingerprint density at radius 2 is 1.88 bits per heavy atom. The summed E-state index contributed by atoms with van der Waals surface area (Å²) in [5.41, 5.74) is 0. The summed E-state index contributed by atoms with van der Waals surface area (Å²) in [5.74, 6) is 1.20. The Hall–Kier alpha value is -0.710. The first kappa shape index (κ1) is 13.4. The van der Waals surface area contributed by atoms with Gasteiger partial charge in [0.05, 0.1) is 0 Å². The number of hydrogen-bond acceptors (Lipinski definition) is 3. The Bertz CT molecular complexity index is 273. The highest BCUT2D eigenvalue weighted by atomic mass is 32.1. The number of carbonyl (C=O) groups excluding carboxylic acids is 2. The molecule has 0 bridgehead atoms. The molecular formula is C11H20N2O2S. The van der Waals surface area contributed by atoms with E-state index in [-0.39, 0.29) is 11.8 Å². The van der Waals surface area contributed by atoms with E-state index >= 15 is 0 Å². The van der Waals surface area contributed by atoms with E-state index in [0.717, 1.165) is 13.1 Å². The average Bonchev–Trinajstić information content (AvgIpc) is 2.54. The van der Waals surface area contributed by atoms with Crippen LogP contribution in [0.1, 0.15) is 20.8 Å². The van der Waals surface area contributed by atoms with Gasteiger partial charge in [-0.3, -0.25) is 9.59 Å². The van der Waals surface area contributed by atoms with Crippen molar-refractivity contribution in [3.05, 3.63) is 0 Å². The van der Waals surface area contributed by atoms with Gasteiger partial charge in [0.15, 0.2) is 0 Å². The molecule has 1 fully saturated rings. The topological polar surface area (TPSA) is 49.4 Å². The van der Waals surface area contributed by atoms with Crippen LogP contribution in [0, 0.1) is 11.8 Å². The van der Waals surface area contributed by atoms with Crippen molar-refractivity contribution in [1.29, 1.82) is 0 Å². The zero-order valence-corrected chi connectivity index (χ0v) is 11.0. The number of thiol groups is 1. The summed E-state index contributed by atoms with van der Waals surface area (Å²) >= 11 is 4.10. The lowest BCUT2D eigenvalue weighted by Gasteiger charge is -2.22. The van der Waals surface area contributed by atoms with Crippen LogP contribution >= 0.6 is 12.6 Å². The van der Waals surface area contributed by atoms with Crippen molar-refractivity contribution >= 4 is 24.4 Å². The molecule has 1 rings (SSSR count). The fourth-order valence-corrected chi connectivity index (χ4v) is 2.21. The van der Waals surface area contributed by atoms with Gasteiger partial charge in [0.2, 0.25) is 11.8 Å². The first-order valence-corrected chi connectivity index (χ1v) is 6.25. The molecule has 0 aliphatic carbocycles. The highest BCUT2D eigenvalue weighted by Gasteiger charge is 2.32. The van der Waals surface area contributed by atoms with Gasteiger partial charge >= 0.3 is 0 Å². The summed E-state index contributed by atoms with van der Waals surface area (Å²) < 4.78 is 0. The largest absolute Gasteiger partial charge is 0.344 e. The van der Waals surface area contributed by atoms with E-state index in [4.69, 9.17) is 0 Å². The van der Waals surface area contributed by atoms with Crippen molar-refractivity contribution < 1.29 is 9.59 Å². The lowest BCUT2D eigenvalue weighted by atomic mass is 10.0. The van der Waals surface area contributed by atoms with Crippen LogP contribution in [-0.2, 0) is 9.59 Å². The minimum absolute atomic E-state index is 0.0126. The van der Waals surface area contributed by atoms with Crippen molar-refractivity contribution in [2.45, 2.75) is 26.8 Å². The summed E-state index contributed by atoms with van der Waals surface area (Å²) in [6.45, 7) is 7.27. The molecule has 92 valence electrons. The van der Waals surface area contributed by atoms with Crippen LogP contribution in [0.3, 0.4) is 0 Å². The lowest BCUT2D eigenvalue weighted by molar-refractivity contribution is -0.134. The molecule has 2 amide bonds. The minimum Gasteiger partial charge on any atom is -0.344 e. The number of nitrogens with one attached hydrogen (secondary N) is 1. The molecule has 5 heteroatoms. The molecule has 1 aliphatic heterocycles. The second-order valence-corrected chi connectivity index (χ2v) is 5.00. The molecule has 1 N–H and O–H groups in total.